The van der Waals surface area contributed by atoms with Crippen LogP contribution in [0.4, 0.5) is 0 Å². The van der Waals surface area contributed by atoms with Gasteiger partial charge in [-0.2, -0.15) is 0 Å². The molecule has 0 saturated carbocycles. The van der Waals surface area contributed by atoms with E-state index in [-0.39, 0.29) is 23.6 Å². The minimum Gasteiger partial charge on any atom is -0.469 e. The van der Waals surface area contributed by atoms with Crippen LogP contribution in [-0.4, -0.2) is 18.9 Å². The average Bonchev–Trinajstić information content (AvgIpc) is 2.00. The molecular weight excluding hydrogens is 156 g/mol. The molecule has 3 heteroatoms. The zero-order valence-electron chi connectivity index (χ0n) is 8.09. The number of hydrogen-bond donors (Lipinski definition) is 0. The van der Waals surface area contributed by atoms with Crippen molar-refractivity contribution < 1.29 is 14.3 Å². The fourth-order valence-electron chi connectivity index (χ4n) is 1.05. The third kappa shape index (κ3) is 3.51. The highest BCUT2D eigenvalue weighted by Crippen LogP contribution is 2.16. The van der Waals surface area contributed by atoms with E-state index in [0.29, 0.717) is 6.42 Å². The van der Waals surface area contributed by atoms with Crippen molar-refractivity contribution in [1.29, 1.82) is 0 Å². The Balaban J connectivity index is 4.00. The molecule has 0 radical (unpaired) electrons. The number of methoxy groups -OCH3 is 1. The highest BCUT2D eigenvalue weighted by molar-refractivity contribution is 5.77. The first-order chi connectivity index (χ1) is 5.49. The summed E-state index contributed by atoms with van der Waals surface area (Å²) in [5, 5.41) is 0. The average molecular weight is 172 g/mol. The molecule has 0 saturated heterocycles. The van der Waals surface area contributed by atoms with Crippen molar-refractivity contribution in [2.75, 3.05) is 7.11 Å². The third-order valence-corrected chi connectivity index (χ3v) is 2.04. The van der Waals surface area contributed by atoms with Gasteiger partial charge in [0.1, 0.15) is 5.78 Å². The molecule has 12 heavy (non-hydrogen) atoms. The highest BCUT2D eigenvalue weighted by Gasteiger charge is 2.21. The number of ketones is 1. The van der Waals surface area contributed by atoms with E-state index in [1.54, 1.807) is 6.92 Å². The molecule has 0 aromatic rings. The topological polar surface area (TPSA) is 43.4 Å². The minimum atomic E-state index is -0.247. The second-order valence-electron chi connectivity index (χ2n) is 3.20. The number of hydrogen-bond acceptors (Lipinski definition) is 3. The Morgan fingerprint density at radius 3 is 2.17 bits per heavy atom. The molecule has 3 nitrogen and oxygen atoms in total. The molecule has 0 aliphatic carbocycles. The number of Topliss-reactive ketones (excluding diaryl/α,β-unsaturated/α-hetero) is 1. The van der Waals surface area contributed by atoms with E-state index in [4.69, 9.17) is 0 Å². The summed E-state index contributed by atoms with van der Waals surface area (Å²) in [7, 11) is 1.36. The lowest BCUT2D eigenvalue weighted by molar-refractivity contribution is -0.146. The quantitative estimate of drug-likeness (QED) is 0.602. The van der Waals surface area contributed by atoms with Crippen molar-refractivity contribution in [3.8, 4) is 0 Å². The van der Waals surface area contributed by atoms with Gasteiger partial charge in [0.15, 0.2) is 0 Å². The molecule has 0 aromatic carbocycles. The van der Waals surface area contributed by atoms with Gasteiger partial charge in [-0.25, -0.2) is 0 Å². The zero-order chi connectivity index (χ0) is 9.72. The monoisotopic (exact) mass is 172 g/mol. The van der Waals surface area contributed by atoms with Crippen LogP contribution in [0.5, 0.6) is 0 Å². The number of esters is 1. The maximum absolute atomic E-state index is 11.0. The maximum atomic E-state index is 11.0. The Labute approximate surface area is 73.1 Å². The molecule has 0 N–H and O–H groups in total. The fraction of sp³-hybridized carbons (Fsp3) is 0.778. The number of carbonyl (C=O) groups is 2. The number of carbonyl (C=O) groups excluding carboxylic acids is 2. The van der Waals surface area contributed by atoms with E-state index in [1.807, 2.05) is 6.92 Å². The normalized spacial score (nSPS) is 15.0. The highest BCUT2D eigenvalue weighted by atomic mass is 16.5. The molecular formula is C9H16O3. The van der Waals surface area contributed by atoms with E-state index in [9.17, 15) is 9.59 Å². The van der Waals surface area contributed by atoms with Gasteiger partial charge in [-0.1, -0.05) is 13.8 Å². The van der Waals surface area contributed by atoms with E-state index in [2.05, 4.69) is 4.74 Å². The fourth-order valence-corrected chi connectivity index (χ4v) is 1.05. The summed E-state index contributed by atoms with van der Waals surface area (Å²) in [5.74, 6) is -0.268. The molecule has 0 aliphatic heterocycles. The molecule has 0 fully saturated rings. The van der Waals surface area contributed by atoms with Crippen LogP contribution in [0.15, 0.2) is 0 Å². The molecule has 0 heterocycles. The van der Waals surface area contributed by atoms with Gasteiger partial charge in [-0.05, 0) is 12.8 Å². The standard InChI is InChI=1S/C9H16O3/c1-6(5-7(2)10)8(3)9(11)12-4/h6,8H,5H2,1-4H3/t6-,8-/m1/s1. The molecule has 0 unspecified atom stereocenters. The lowest BCUT2D eigenvalue weighted by Crippen LogP contribution is -2.21. The summed E-state index contributed by atoms with van der Waals surface area (Å²) < 4.78 is 4.56. The lowest BCUT2D eigenvalue weighted by atomic mass is 9.91. The summed E-state index contributed by atoms with van der Waals surface area (Å²) in [6.45, 7) is 5.18. The zero-order valence-corrected chi connectivity index (χ0v) is 8.09. The van der Waals surface area contributed by atoms with Crippen LogP contribution in [0.3, 0.4) is 0 Å². The van der Waals surface area contributed by atoms with Crippen LogP contribution in [0, 0.1) is 11.8 Å². The van der Waals surface area contributed by atoms with Crippen molar-refractivity contribution >= 4 is 11.8 Å². The Morgan fingerprint density at radius 1 is 1.33 bits per heavy atom. The van der Waals surface area contributed by atoms with Crippen LogP contribution < -0.4 is 0 Å². The third-order valence-electron chi connectivity index (χ3n) is 2.04. The van der Waals surface area contributed by atoms with E-state index in [0.717, 1.165) is 0 Å². The molecule has 0 amide bonds. The van der Waals surface area contributed by atoms with Crippen LogP contribution in [0.2, 0.25) is 0 Å². The van der Waals surface area contributed by atoms with Crippen molar-refractivity contribution in [3.05, 3.63) is 0 Å². The summed E-state index contributed by atoms with van der Waals surface area (Å²) in [4.78, 5) is 21.7. The van der Waals surface area contributed by atoms with Crippen LogP contribution in [0.1, 0.15) is 27.2 Å². The van der Waals surface area contributed by atoms with Crippen molar-refractivity contribution in [2.45, 2.75) is 27.2 Å². The van der Waals surface area contributed by atoms with Gasteiger partial charge in [-0.15, -0.1) is 0 Å². The molecule has 0 spiro atoms. The lowest BCUT2D eigenvalue weighted by Gasteiger charge is -2.15. The molecule has 70 valence electrons. The SMILES string of the molecule is COC(=O)[C@H](C)[C@H](C)CC(C)=O. The van der Waals surface area contributed by atoms with E-state index in [1.165, 1.54) is 14.0 Å². The van der Waals surface area contributed by atoms with Gasteiger partial charge in [0.25, 0.3) is 0 Å². The minimum absolute atomic E-state index is 0.0648. The Morgan fingerprint density at radius 2 is 1.83 bits per heavy atom. The first-order valence-electron chi connectivity index (χ1n) is 4.06. The number of rotatable bonds is 4. The van der Waals surface area contributed by atoms with Crippen molar-refractivity contribution in [2.24, 2.45) is 11.8 Å². The van der Waals surface area contributed by atoms with Gasteiger partial charge in [0.05, 0.1) is 13.0 Å². The van der Waals surface area contributed by atoms with E-state index >= 15 is 0 Å². The Bertz CT molecular complexity index is 175. The van der Waals surface area contributed by atoms with Gasteiger partial charge in [-0.3, -0.25) is 4.79 Å². The maximum Gasteiger partial charge on any atom is 0.308 e. The second kappa shape index (κ2) is 4.91. The molecule has 0 rings (SSSR count). The van der Waals surface area contributed by atoms with Crippen LogP contribution in [-0.2, 0) is 14.3 Å². The predicted molar refractivity (Wildman–Crippen MR) is 45.6 cm³/mol. The smallest absolute Gasteiger partial charge is 0.308 e. The van der Waals surface area contributed by atoms with Crippen molar-refractivity contribution in [1.82, 2.24) is 0 Å². The van der Waals surface area contributed by atoms with E-state index < -0.39 is 0 Å². The number of ether oxygens (including phenoxy) is 1. The van der Waals surface area contributed by atoms with Crippen LogP contribution in [0.25, 0.3) is 0 Å². The molecule has 2 atom stereocenters. The van der Waals surface area contributed by atoms with Crippen molar-refractivity contribution in [3.63, 3.8) is 0 Å². The molecule has 0 bridgehead atoms. The van der Waals surface area contributed by atoms with Gasteiger partial charge < -0.3 is 9.53 Å². The summed E-state index contributed by atoms with van der Waals surface area (Å²) >= 11 is 0. The second-order valence-corrected chi connectivity index (χ2v) is 3.20. The predicted octanol–water partition coefficient (Wildman–Crippen LogP) is 1.41. The summed E-state index contributed by atoms with van der Waals surface area (Å²) in [6, 6.07) is 0. The van der Waals surface area contributed by atoms with Gasteiger partial charge in [0.2, 0.25) is 0 Å². The van der Waals surface area contributed by atoms with Gasteiger partial charge in [0, 0.05) is 6.42 Å². The first-order valence-corrected chi connectivity index (χ1v) is 4.06. The largest absolute Gasteiger partial charge is 0.469 e. The Kier molecular flexibility index (Phi) is 4.55. The van der Waals surface area contributed by atoms with Gasteiger partial charge >= 0.3 is 5.97 Å². The van der Waals surface area contributed by atoms with Crippen LogP contribution >= 0.6 is 0 Å². The molecule has 0 aromatic heterocycles. The Hall–Kier alpha value is -0.860. The summed E-state index contributed by atoms with van der Waals surface area (Å²) in [6.07, 6.45) is 0.441. The molecule has 0 aliphatic rings. The first kappa shape index (κ1) is 11.1. The summed E-state index contributed by atoms with van der Waals surface area (Å²) in [5.41, 5.74) is 0.